The summed E-state index contributed by atoms with van der Waals surface area (Å²) < 4.78 is 29.2. The number of guanidine groups is 1. The molecule has 1 aromatic heterocycles. The van der Waals surface area contributed by atoms with Crippen LogP contribution in [0.1, 0.15) is 12.1 Å². The molecule has 1 aliphatic rings. The van der Waals surface area contributed by atoms with Crippen molar-refractivity contribution in [3.05, 3.63) is 42.0 Å². The molecule has 1 unspecified atom stereocenters. The molecule has 1 fully saturated rings. The first-order chi connectivity index (χ1) is 14.2. The maximum Gasteiger partial charge on any atom is 0.226 e. The molecule has 166 valence electrons. The molecule has 9 heteroatoms. The van der Waals surface area contributed by atoms with Gasteiger partial charge in [-0.1, -0.05) is 0 Å². The third-order valence-electron chi connectivity index (χ3n) is 4.89. The molecule has 1 atom stereocenters. The van der Waals surface area contributed by atoms with Crippen LogP contribution >= 0.6 is 24.0 Å². The van der Waals surface area contributed by atoms with Crippen LogP contribution in [-0.2, 0) is 15.9 Å². The molecule has 1 N–H and O–H groups in total. The van der Waals surface area contributed by atoms with Gasteiger partial charge in [-0.3, -0.25) is 4.99 Å². The van der Waals surface area contributed by atoms with Crippen molar-refractivity contribution in [1.82, 2.24) is 15.2 Å². The highest BCUT2D eigenvalue weighted by molar-refractivity contribution is 14.0. The summed E-state index contributed by atoms with van der Waals surface area (Å²) in [5, 5.41) is 3.40. The van der Waals surface area contributed by atoms with Gasteiger partial charge in [-0.25, -0.2) is 9.37 Å². The number of likely N-dealkylation sites (tertiary alicyclic amines) is 1. The lowest BCUT2D eigenvalue weighted by Gasteiger charge is -2.21. The summed E-state index contributed by atoms with van der Waals surface area (Å²) in [7, 11) is 3.48. The number of hydrogen-bond donors (Lipinski definition) is 1. The molecule has 0 bridgehead atoms. The van der Waals surface area contributed by atoms with Crippen LogP contribution in [0.5, 0.6) is 0 Å². The van der Waals surface area contributed by atoms with E-state index in [1.165, 1.54) is 12.1 Å². The first kappa shape index (κ1) is 24.5. The number of ether oxygens (including phenoxy) is 2. The van der Waals surface area contributed by atoms with E-state index in [1.54, 1.807) is 32.6 Å². The van der Waals surface area contributed by atoms with Gasteiger partial charge in [0.15, 0.2) is 5.96 Å². The van der Waals surface area contributed by atoms with E-state index in [0.717, 1.165) is 43.3 Å². The molecule has 0 spiro atoms. The van der Waals surface area contributed by atoms with Gasteiger partial charge in [-0.05, 0) is 30.7 Å². The molecule has 0 amide bonds. The lowest BCUT2D eigenvalue weighted by atomic mass is 10.1. The molecule has 7 nitrogen and oxygen atoms in total. The number of aliphatic imine (C=N–C) groups is 1. The highest BCUT2D eigenvalue weighted by Crippen LogP contribution is 2.19. The van der Waals surface area contributed by atoms with Crippen LogP contribution in [0.25, 0.3) is 11.5 Å². The first-order valence-electron chi connectivity index (χ1n) is 9.92. The predicted octanol–water partition coefficient (Wildman–Crippen LogP) is 3.20. The number of benzene rings is 1. The molecular weight excluding hydrogens is 502 g/mol. The standard InChI is InChI=1S/C21H29FN4O3.HI/c1-23-21(26-10-8-16(13-26)14-28-12-11-27-2)24-9-7-19-15-29-20(25-19)17-3-5-18(22)6-4-17;/h3-6,15-16H,7-14H2,1-2H3,(H,23,24);1H. The van der Waals surface area contributed by atoms with Crippen LogP contribution in [0.15, 0.2) is 39.9 Å². The van der Waals surface area contributed by atoms with Gasteiger partial charge in [0.1, 0.15) is 12.1 Å². The van der Waals surface area contributed by atoms with Crippen molar-refractivity contribution in [3.63, 3.8) is 0 Å². The van der Waals surface area contributed by atoms with E-state index < -0.39 is 0 Å². The number of rotatable bonds is 9. The van der Waals surface area contributed by atoms with Crippen molar-refractivity contribution in [1.29, 1.82) is 0 Å². The molecule has 0 aliphatic carbocycles. The number of hydrogen-bond acceptors (Lipinski definition) is 5. The Kier molecular flexibility index (Phi) is 10.5. The second-order valence-corrected chi connectivity index (χ2v) is 7.04. The second kappa shape index (κ2) is 12.9. The Morgan fingerprint density at radius 2 is 2.13 bits per heavy atom. The molecule has 1 aromatic carbocycles. The molecule has 0 saturated carbocycles. The SMILES string of the molecule is CN=C(NCCc1coc(-c2ccc(F)cc2)n1)N1CCC(COCCOC)C1.I. The van der Waals surface area contributed by atoms with Crippen molar-refractivity contribution < 1.29 is 18.3 Å². The van der Waals surface area contributed by atoms with Crippen molar-refractivity contribution >= 4 is 29.9 Å². The maximum absolute atomic E-state index is 13.0. The molecule has 3 rings (SSSR count). The normalized spacial score (nSPS) is 16.6. The van der Waals surface area contributed by atoms with Crippen LogP contribution in [0.4, 0.5) is 4.39 Å². The first-order valence-corrected chi connectivity index (χ1v) is 9.92. The van der Waals surface area contributed by atoms with Gasteiger partial charge >= 0.3 is 0 Å². The van der Waals surface area contributed by atoms with E-state index in [9.17, 15) is 4.39 Å². The second-order valence-electron chi connectivity index (χ2n) is 7.04. The zero-order valence-corrected chi connectivity index (χ0v) is 19.8. The van der Waals surface area contributed by atoms with Crippen LogP contribution in [-0.4, -0.2) is 69.5 Å². The van der Waals surface area contributed by atoms with E-state index in [4.69, 9.17) is 13.9 Å². The summed E-state index contributed by atoms with van der Waals surface area (Å²) in [6.45, 7) is 4.62. The number of oxazole rings is 1. The molecule has 1 saturated heterocycles. The highest BCUT2D eigenvalue weighted by atomic mass is 127. The summed E-state index contributed by atoms with van der Waals surface area (Å²) in [5.74, 6) is 1.63. The highest BCUT2D eigenvalue weighted by Gasteiger charge is 2.24. The Hall–Kier alpha value is -1.72. The summed E-state index contributed by atoms with van der Waals surface area (Å²) in [5.41, 5.74) is 1.61. The lowest BCUT2D eigenvalue weighted by Crippen LogP contribution is -2.41. The van der Waals surface area contributed by atoms with Crippen molar-refractivity contribution in [3.8, 4) is 11.5 Å². The van der Waals surface area contributed by atoms with Gasteiger partial charge in [-0.2, -0.15) is 0 Å². The molecular formula is C21H30FIN4O3. The largest absolute Gasteiger partial charge is 0.444 e. The molecule has 0 radical (unpaired) electrons. The minimum absolute atomic E-state index is 0. The fraction of sp³-hybridized carbons (Fsp3) is 0.524. The molecule has 30 heavy (non-hydrogen) atoms. The third kappa shape index (κ3) is 7.21. The Balaban J connectivity index is 0.00000320. The topological polar surface area (TPSA) is 72.1 Å². The van der Waals surface area contributed by atoms with Gasteiger partial charge < -0.3 is 24.1 Å². The van der Waals surface area contributed by atoms with Gasteiger partial charge in [0.2, 0.25) is 5.89 Å². The smallest absolute Gasteiger partial charge is 0.226 e. The van der Waals surface area contributed by atoms with E-state index >= 15 is 0 Å². The summed E-state index contributed by atoms with van der Waals surface area (Å²) in [6, 6.07) is 6.12. The minimum Gasteiger partial charge on any atom is -0.444 e. The number of halogens is 2. The Bertz CT molecular complexity index is 785. The number of aromatic nitrogens is 1. The zero-order valence-electron chi connectivity index (χ0n) is 17.5. The lowest BCUT2D eigenvalue weighted by molar-refractivity contribution is 0.0536. The minimum atomic E-state index is -0.276. The average molecular weight is 532 g/mol. The van der Waals surface area contributed by atoms with Gasteiger partial charge in [0.25, 0.3) is 0 Å². The summed E-state index contributed by atoms with van der Waals surface area (Å²) >= 11 is 0. The van der Waals surface area contributed by atoms with E-state index in [1.807, 2.05) is 0 Å². The van der Waals surface area contributed by atoms with E-state index in [-0.39, 0.29) is 29.8 Å². The van der Waals surface area contributed by atoms with Crippen LogP contribution in [0.2, 0.25) is 0 Å². The average Bonchev–Trinajstić information content (AvgIpc) is 3.39. The zero-order chi connectivity index (χ0) is 20.5. The van der Waals surface area contributed by atoms with Crippen molar-refractivity contribution in [2.24, 2.45) is 10.9 Å². The third-order valence-corrected chi connectivity index (χ3v) is 4.89. The van der Waals surface area contributed by atoms with Gasteiger partial charge in [0, 0.05) is 51.7 Å². The van der Waals surface area contributed by atoms with E-state index in [0.29, 0.717) is 38.0 Å². The van der Waals surface area contributed by atoms with Crippen molar-refractivity contribution in [2.45, 2.75) is 12.8 Å². The van der Waals surface area contributed by atoms with E-state index in [2.05, 4.69) is 20.2 Å². The van der Waals surface area contributed by atoms with Crippen LogP contribution < -0.4 is 5.32 Å². The fourth-order valence-corrected chi connectivity index (χ4v) is 3.33. The van der Waals surface area contributed by atoms with Gasteiger partial charge in [-0.15, -0.1) is 24.0 Å². The summed E-state index contributed by atoms with van der Waals surface area (Å²) in [4.78, 5) is 11.1. The molecule has 2 aromatic rings. The number of methoxy groups -OCH3 is 1. The predicted molar refractivity (Wildman–Crippen MR) is 125 cm³/mol. The Labute approximate surface area is 194 Å². The maximum atomic E-state index is 13.0. The number of nitrogens with zero attached hydrogens (tertiary/aromatic N) is 3. The molecule has 2 heterocycles. The van der Waals surface area contributed by atoms with Crippen molar-refractivity contribution in [2.75, 3.05) is 53.6 Å². The van der Waals surface area contributed by atoms with Crippen LogP contribution in [0.3, 0.4) is 0 Å². The monoisotopic (exact) mass is 532 g/mol. The van der Waals surface area contributed by atoms with Crippen LogP contribution in [0, 0.1) is 11.7 Å². The Morgan fingerprint density at radius 1 is 1.33 bits per heavy atom. The fourth-order valence-electron chi connectivity index (χ4n) is 3.33. The Morgan fingerprint density at radius 3 is 2.87 bits per heavy atom. The van der Waals surface area contributed by atoms with Gasteiger partial charge in [0.05, 0.1) is 25.5 Å². The quantitative estimate of drug-likeness (QED) is 0.232. The summed E-state index contributed by atoms with van der Waals surface area (Å²) in [6.07, 6.45) is 3.45. The number of nitrogens with one attached hydrogen (secondary N) is 1. The molecule has 1 aliphatic heterocycles.